The summed E-state index contributed by atoms with van der Waals surface area (Å²) in [6.45, 7) is 4.97. The van der Waals surface area contributed by atoms with Crippen LogP contribution in [0.4, 0.5) is 26.3 Å². The van der Waals surface area contributed by atoms with Gasteiger partial charge in [-0.1, -0.05) is 35.3 Å². The van der Waals surface area contributed by atoms with Gasteiger partial charge in [0, 0.05) is 30.8 Å². The number of nitrogens with zero attached hydrogens (tertiary/aromatic N) is 2. The van der Waals surface area contributed by atoms with Gasteiger partial charge in [-0.25, -0.2) is 4.98 Å². The Labute approximate surface area is 221 Å². The number of amides is 2. The molecule has 0 fully saturated rings. The largest absolute Gasteiger partial charge is 0.430 e. The van der Waals surface area contributed by atoms with Gasteiger partial charge in [-0.3, -0.25) is 9.59 Å². The normalized spacial score (nSPS) is 13.4. The van der Waals surface area contributed by atoms with Crippen molar-refractivity contribution >= 4 is 46.4 Å². The number of nitrogens with one attached hydrogen (secondary N) is 1. The van der Waals surface area contributed by atoms with E-state index in [9.17, 15) is 46.1 Å². The summed E-state index contributed by atoms with van der Waals surface area (Å²) in [4.78, 5) is 30.8. The minimum Gasteiger partial charge on any atom is -0.392 e. The van der Waals surface area contributed by atoms with Crippen LogP contribution in [-0.2, 0) is 5.60 Å². The average Bonchev–Trinajstić information content (AvgIpc) is 3.23. The third-order valence-electron chi connectivity index (χ3n) is 5.17. The first-order valence-electron chi connectivity index (χ1n) is 10.5. The minimum absolute atomic E-state index is 0.153. The highest BCUT2D eigenvalue weighted by Crippen LogP contribution is 2.54. The molecule has 1 atom stereocenters. The third-order valence-corrected chi connectivity index (χ3v) is 7.14. The molecule has 1 aromatic heterocycles. The van der Waals surface area contributed by atoms with Crippen molar-refractivity contribution in [2.24, 2.45) is 0 Å². The van der Waals surface area contributed by atoms with Gasteiger partial charge in [0.05, 0.1) is 21.0 Å². The number of thiazole rings is 1. The summed E-state index contributed by atoms with van der Waals surface area (Å²) in [6.07, 6.45) is -13.3. The van der Waals surface area contributed by atoms with E-state index in [-0.39, 0.29) is 40.8 Å². The molecule has 7 nitrogen and oxygen atoms in total. The van der Waals surface area contributed by atoms with Crippen LogP contribution in [0.5, 0.6) is 0 Å². The molecule has 1 heterocycles. The highest BCUT2D eigenvalue weighted by molar-refractivity contribution is 7.17. The van der Waals surface area contributed by atoms with Crippen molar-refractivity contribution in [2.45, 2.75) is 44.8 Å². The standard InChI is InChI=1S/C21H21Cl2F6N3O4S/c1-4-32(5-2)18(35)14-15(37-17(31-14)16(34)30-8-9(3)33)10-6-7-11(13(23)12(10)22)19(36,20(24,25)26)21(27,28)29/h6-7,9,33,36H,4-5,8H2,1-3H3,(H,30,34)/t9-/m1/s1. The van der Waals surface area contributed by atoms with E-state index >= 15 is 0 Å². The van der Waals surface area contributed by atoms with Gasteiger partial charge in [0.25, 0.3) is 17.4 Å². The molecule has 0 bridgehead atoms. The van der Waals surface area contributed by atoms with Crippen molar-refractivity contribution in [3.63, 3.8) is 0 Å². The summed E-state index contributed by atoms with van der Waals surface area (Å²) in [5, 5.41) is 19.1. The Bertz CT molecular complexity index is 1150. The first-order valence-corrected chi connectivity index (χ1v) is 12.1. The lowest BCUT2D eigenvalue weighted by molar-refractivity contribution is -0.376. The first kappa shape index (κ1) is 31.1. The molecule has 206 valence electrons. The van der Waals surface area contributed by atoms with Crippen molar-refractivity contribution in [3.8, 4) is 10.4 Å². The Hall–Kier alpha value is -2.13. The zero-order chi connectivity index (χ0) is 28.5. The fourth-order valence-corrected chi connectivity index (χ4v) is 4.81. The molecule has 2 amide bonds. The molecule has 2 rings (SSSR count). The van der Waals surface area contributed by atoms with Crippen LogP contribution in [0.3, 0.4) is 0 Å². The van der Waals surface area contributed by atoms with Crippen LogP contribution in [0.25, 0.3) is 10.4 Å². The number of carbonyl (C=O) groups excluding carboxylic acids is 2. The fourth-order valence-electron chi connectivity index (χ4n) is 3.19. The molecule has 0 saturated heterocycles. The molecule has 0 spiro atoms. The summed E-state index contributed by atoms with van der Waals surface area (Å²) in [6, 6.07) is 1.01. The lowest BCUT2D eigenvalue weighted by Crippen LogP contribution is -2.54. The molecule has 0 aliphatic carbocycles. The molecular weight excluding hydrogens is 575 g/mol. The van der Waals surface area contributed by atoms with Crippen molar-refractivity contribution < 1.29 is 46.1 Å². The Kier molecular flexibility index (Phi) is 9.51. The fraction of sp³-hybridized carbons (Fsp3) is 0.476. The number of aromatic nitrogens is 1. The quantitative estimate of drug-likeness (QED) is 0.372. The number of aliphatic hydroxyl groups excluding tert-OH is 1. The summed E-state index contributed by atoms with van der Waals surface area (Å²) in [5.74, 6) is -1.49. The molecule has 2 aromatic rings. The Balaban J connectivity index is 2.77. The van der Waals surface area contributed by atoms with Crippen molar-refractivity contribution in [1.82, 2.24) is 15.2 Å². The summed E-state index contributed by atoms with van der Waals surface area (Å²) in [5.41, 5.74) is -7.73. The number of hydrogen-bond acceptors (Lipinski definition) is 6. The lowest BCUT2D eigenvalue weighted by atomic mass is 9.91. The van der Waals surface area contributed by atoms with E-state index in [2.05, 4.69) is 10.3 Å². The predicted octanol–water partition coefficient (Wildman–Crippen LogP) is 5.02. The molecule has 16 heteroatoms. The topological polar surface area (TPSA) is 103 Å². The highest BCUT2D eigenvalue weighted by Gasteiger charge is 2.72. The Morgan fingerprint density at radius 1 is 1.08 bits per heavy atom. The number of halogens is 8. The minimum atomic E-state index is -6.21. The number of aliphatic hydroxyl groups is 2. The second-order valence-electron chi connectivity index (χ2n) is 7.73. The van der Waals surface area contributed by atoms with Gasteiger partial charge in [0.2, 0.25) is 0 Å². The number of hydrogen-bond donors (Lipinski definition) is 3. The van der Waals surface area contributed by atoms with Crippen molar-refractivity contribution in [2.75, 3.05) is 19.6 Å². The molecule has 0 aliphatic heterocycles. The van der Waals surface area contributed by atoms with E-state index in [0.29, 0.717) is 17.4 Å². The SMILES string of the molecule is CCN(CC)C(=O)c1nc(C(=O)NC[C@@H](C)O)sc1-c1ccc(C(O)(C(F)(F)F)C(F)(F)F)c(Cl)c1Cl. The molecule has 37 heavy (non-hydrogen) atoms. The Morgan fingerprint density at radius 2 is 1.62 bits per heavy atom. The molecule has 1 aromatic carbocycles. The maximum atomic E-state index is 13.4. The van der Waals surface area contributed by atoms with Crippen LogP contribution in [0.1, 0.15) is 46.6 Å². The van der Waals surface area contributed by atoms with Crippen LogP contribution in [0.15, 0.2) is 12.1 Å². The van der Waals surface area contributed by atoms with Crippen molar-refractivity contribution in [3.05, 3.63) is 38.4 Å². The number of carbonyl (C=O) groups is 2. The molecule has 0 radical (unpaired) electrons. The summed E-state index contributed by atoms with van der Waals surface area (Å²) >= 11 is 12.5. The van der Waals surface area contributed by atoms with Crippen molar-refractivity contribution in [1.29, 1.82) is 0 Å². The Morgan fingerprint density at radius 3 is 2.08 bits per heavy atom. The average molecular weight is 596 g/mol. The molecular formula is C21H21Cl2F6N3O4S. The number of alkyl halides is 6. The van der Waals surface area contributed by atoms with Crippen LogP contribution in [0, 0.1) is 0 Å². The first-order chi connectivity index (χ1) is 16.9. The monoisotopic (exact) mass is 595 g/mol. The van der Waals surface area contributed by atoms with Gasteiger partial charge >= 0.3 is 12.4 Å². The highest BCUT2D eigenvalue weighted by atomic mass is 35.5. The van der Waals surface area contributed by atoms with Crippen LogP contribution in [-0.4, -0.2) is 70.0 Å². The lowest BCUT2D eigenvalue weighted by Gasteiger charge is -2.33. The predicted molar refractivity (Wildman–Crippen MR) is 125 cm³/mol. The molecule has 0 unspecified atom stereocenters. The van der Waals surface area contributed by atoms with Gasteiger partial charge in [-0.05, 0) is 20.8 Å². The van der Waals surface area contributed by atoms with Crippen LogP contribution in [0.2, 0.25) is 10.0 Å². The van der Waals surface area contributed by atoms with E-state index < -0.39 is 51.5 Å². The van der Waals surface area contributed by atoms with Gasteiger partial charge < -0.3 is 20.4 Å². The van der Waals surface area contributed by atoms with E-state index in [1.807, 2.05) is 0 Å². The number of rotatable bonds is 8. The zero-order valence-corrected chi connectivity index (χ0v) is 21.7. The van der Waals surface area contributed by atoms with Crippen LogP contribution >= 0.6 is 34.5 Å². The van der Waals surface area contributed by atoms with E-state index in [4.69, 9.17) is 23.2 Å². The molecule has 0 saturated carbocycles. The zero-order valence-electron chi connectivity index (χ0n) is 19.4. The maximum Gasteiger partial charge on any atom is 0.430 e. The molecule has 0 aliphatic rings. The maximum absolute atomic E-state index is 13.4. The van der Waals surface area contributed by atoms with Gasteiger partial charge in [-0.15, -0.1) is 11.3 Å². The summed E-state index contributed by atoms with van der Waals surface area (Å²) < 4.78 is 80.3. The molecule has 3 N–H and O–H groups in total. The second-order valence-corrected chi connectivity index (χ2v) is 9.48. The van der Waals surface area contributed by atoms with E-state index in [0.717, 1.165) is 6.07 Å². The summed E-state index contributed by atoms with van der Waals surface area (Å²) in [7, 11) is 0. The second kappa shape index (κ2) is 11.3. The van der Waals surface area contributed by atoms with E-state index in [1.54, 1.807) is 13.8 Å². The van der Waals surface area contributed by atoms with Gasteiger partial charge in [0.1, 0.15) is 5.69 Å². The number of benzene rings is 1. The third kappa shape index (κ3) is 5.98. The van der Waals surface area contributed by atoms with Gasteiger partial charge in [-0.2, -0.15) is 26.3 Å². The van der Waals surface area contributed by atoms with E-state index in [1.165, 1.54) is 11.8 Å². The van der Waals surface area contributed by atoms with Gasteiger partial charge in [0.15, 0.2) is 5.01 Å². The smallest absolute Gasteiger partial charge is 0.392 e. The van der Waals surface area contributed by atoms with Crippen LogP contribution < -0.4 is 5.32 Å².